The number of alkyl halides is 3. The van der Waals surface area contributed by atoms with E-state index < -0.39 is 65.1 Å². The summed E-state index contributed by atoms with van der Waals surface area (Å²) in [4.78, 5) is 56.4. The van der Waals surface area contributed by atoms with Crippen molar-refractivity contribution in [3.8, 4) is 6.07 Å². The average molecular weight is 567 g/mol. The van der Waals surface area contributed by atoms with Crippen molar-refractivity contribution in [3.63, 3.8) is 0 Å². The molecule has 0 radical (unpaired) electrons. The molecule has 3 aliphatic rings. The molecular weight excluding hydrogens is 536 g/mol. The molecule has 10 nitrogen and oxygen atoms in total. The number of hydrogen-bond acceptors (Lipinski definition) is 6. The largest absolute Gasteiger partial charge is 0.471 e. The van der Waals surface area contributed by atoms with Crippen LogP contribution >= 0.6 is 0 Å². The molecule has 1 saturated carbocycles. The number of halogens is 4. The van der Waals surface area contributed by atoms with Gasteiger partial charge in [0, 0.05) is 12.1 Å². The number of aromatic nitrogens is 1. The minimum absolute atomic E-state index is 0.0869. The Hall–Kier alpha value is -3.76. The third-order valence-corrected chi connectivity index (χ3v) is 8.17. The molecule has 1 aromatic rings. The van der Waals surface area contributed by atoms with Crippen molar-refractivity contribution >= 4 is 29.4 Å². The molecular formula is C26H30F4N6O4. The van der Waals surface area contributed by atoms with Crippen molar-refractivity contribution < 1.29 is 36.7 Å². The second kappa shape index (κ2) is 9.71. The number of anilines is 1. The second-order valence-corrected chi connectivity index (χ2v) is 12.2. The van der Waals surface area contributed by atoms with Gasteiger partial charge in [-0.15, -0.1) is 0 Å². The summed E-state index contributed by atoms with van der Waals surface area (Å²) in [7, 11) is 0. The highest BCUT2D eigenvalue weighted by Crippen LogP contribution is 2.65. The van der Waals surface area contributed by atoms with E-state index in [4.69, 9.17) is 0 Å². The molecule has 0 bridgehead atoms. The molecule has 40 heavy (non-hydrogen) atoms. The topological polar surface area (TPSA) is 144 Å². The zero-order valence-electron chi connectivity index (χ0n) is 22.5. The summed E-state index contributed by atoms with van der Waals surface area (Å²) in [5, 5.41) is 16.6. The Morgan fingerprint density at radius 3 is 2.48 bits per heavy atom. The molecule has 4 rings (SSSR count). The number of nitrogens with one attached hydrogen (secondary N) is 3. The summed E-state index contributed by atoms with van der Waals surface area (Å²) in [5.41, 5.74) is -1.22. The summed E-state index contributed by atoms with van der Waals surface area (Å²) < 4.78 is 52.8. The Labute approximate surface area is 227 Å². The van der Waals surface area contributed by atoms with Gasteiger partial charge in [-0.3, -0.25) is 19.2 Å². The summed E-state index contributed by atoms with van der Waals surface area (Å²) >= 11 is 0. The van der Waals surface area contributed by atoms with Gasteiger partial charge in [0.2, 0.25) is 17.7 Å². The molecule has 0 spiro atoms. The minimum atomic E-state index is -5.21. The summed E-state index contributed by atoms with van der Waals surface area (Å²) in [5.74, 6) is -6.26. The Bertz CT molecular complexity index is 1300. The van der Waals surface area contributed by atoms with E-state index in [-0.39, 0.29) is 41.6 Å². The molecule has 14 heteroatoms. The van der Waals surface area contributed by atoms with Crippen LogP contribution in [0.2, 0.25) is 0 Å². The number of carbonyl (C=O) groups excluding carboxylic acids is 4. The van der Waals surface area contributed by atoms with Gasteiger partial charge in [0.1, 0.15) is 29.8 Å². The van der Waals surface area contributed by atoms with Crippen LogP contribution in [0.15, 0.2) is 12.3 Å². The molecule has 6 atom stereocenters. The molecule has 2 aliphatic heterocycles. The number of carbonyl (C=O) groups is 4. The third kappa shape index (κ3) is 5.21. The number of piperidine rings is 1. The molecule has 4 amide bonds. The number of rotatable bonds is 6. The smallest absolute Gasteiger partial charge is 0.339 e. The summed E-state index contributed by atoms with van der Waals surface area (Å²) in [6, 6.07) is -0.856. The first kappa shape index (κ1) is 29.2. The van der Waals surface area contributed by atoms with Gasteiger partial charge >= 0.3 is 12.1 Å². The maximum absolute atomic E-state index is 13.8. The molecule has 216 valence electrons. The fourth-order valence-corrected chi connectivity index (χ4v) is 5.88. The van der Waals surface area contributed by atoms with E-state index >= 15 is 0 Å². The molecule has 3 heterocycles. The van der Waals surface area contributed by atoms with E-state index in [0.29, 0.717) is 0 Å². The number of nitriles is 1. The normalized spacial score (nSPS) is 26.1. The van der Waals surface area contributed by atoms with Crippen LogP contribution in [0.1, 0.15) is 52.5 Å². The molecule has 1 aromatic heterocycles. The van der Waals surface area contributed by atoms with Crippen LogP contribution in [0.3, 0.4) is 0 Å². The maximum atomic E-state index is 13.8. The van der Waals surface area contributed by atoms with Gasteiger partial charge in [-0.25, -0.2) is 9.37 Å². The first-order chi connectivity index (χ1) is 18.4. The van der Waals surface area contributed by atoms with Crippen molar-refractivity contribution in [2.45, 2.75) is 71.3 Å². The van der Waals surface area contributed by atoms with Crippen molar-refractivity contribution in [3.05, 3.63) is 23.6 Å². The maximum Gasteiger partial charge on any atom is 0.471 e. The van der Waals surface area contributed by atoms with Gasteiger partial charge in [-0.05, 0) is 35.2 Å². The second-order valence-electron chi connectivity index (χ2n) is 12.2. The lowest BCUT2D eigenvalue weighted by Gasteiger charge is -2.37. The molecule has 0 aromatic carbocycles. The van der Waals surface area contributed by atoms with E-state index in [1.807, 2.05) is 19.9 Å². The van der Waals surface area contributed by atoms with E-state index in [9.17, 15) is 42.0 Å². The number of fused-ring (bicyclic) bond motifs is 2. The Morgan fingerprint density at radius 2 is 1.90 bits per heavy atom. The number of pyridine rings is 1. The van der Waals surface area contributed by atoms with Gasteiger partial charge in [0.15, 0.2) is 0 Å². The van der Waals surface area contributed by atoms with Crippen LogP contribution in [0.4, 0.5) is 23.4 Å². The van der Waals surface area contributed by atoms with Gasteiger partial charge in [-0.1, -0.05) is 34.6 Å². The molecule has 3 N–H and O–H groups in total. The van der Waals surface area contributed by atoms with E-state index in [2.05, 4.69) is 15.6 Å². The van der Waals surface area contributed by atoms with Crippen LogP contribution in [0.25, 0.3) is 0 Å². The molecule has 1 aliphatic carbocycles. The number of hydrogen-bond donors (Lipinski definition) is 3. The van der Waals surface area contributed by atoms with Crippen molar-refractivity contribution in [2.24, 2.45) is 22.7 Å². The highest BCUT2D eigenvalue weighted by Gasteiger charge is 2.70. The monoisotopic (exact) mass is 566 g/mol. The fraction of sp³-hybridized carbons (Fsp3) is 0.615. The van der Waals surface area contributed by atoms with E-state index in [1.165, 1.54) is 25.7 Å². The van der Waals surface area contributed by atoms with Gasteiger partial charge in [0.05, 0.1) is 18.2 Å². The molecule has 1 saturated heterocycles. The summed E-state index contributed by atoms with van der Waals surface area (Å²) in [6.07, 6.45) is -4.47. The van der Waals surface area contributed by atoms with Crippen LogP contribution in [0.5, 0.6) is 0 Å². The first-order valence-electron chi connectivity index (χ1n) is 12.7. The highest BCUT2D eigenvalue weighted by molar-refractivity contribution is 6.02. The van der Waals surface area contributed by atoms with Crippen LogP contribution in [0, 0.1) is 39.8 Å². The number of likely N-dealkylation sites (tertiary alicyclic amines) is 1. The molecule has 6 unspecified atom stereocenters. The van der Waals surface area contributed by atoms with Crippen LogP contribution in [-0.2, 0) is 19.2 Å². The van der Waals surface area contributed by atoms with Crippen molar-refractivity contribution in [1.29, 1.82) is 5.26 Å². The third-order valence-electron chi connectivity index (χ3n) is 8.17. The fourth-order valence-electron chi connectivity index (χ4n) is 5.88. The lowest BCUT2D eigenvalue weighted by Crippen LogP contribution is -2.61. The predicted octanol–water partition coefficient (Wildman–Crippen LogP) is 2.23. The first-order valence-corrected chi connectivity index (χ1v) is 12.7. The lowest BCUT2D eigenvalue weighted by atomic mass is 9.85. The molecule has 2 fully saturated rings. The van der Waals surface area contributed by atoms with E-state index in [1.54, 1.807) is 5.32 Å². The Morgan fingerprint density at radius 1 is 1.25 bits per heavy atom. The number of nitrogens with zero attached hydrogens (tertiary/aromatic N) is 3. The standard InChI is InChI=1S/C26H30F4N6O4/c1-24(2,3)18(34-23(40)26(28,29)30)22(39)36-10-15-16(25(15,4)5)17(36)21(38)33-12(8-31)7-14-13-6-11(27)9-32-19(13)35-20(14)37/h6,9,12,14-18H,7,10H2,1-5H3,(H,33,38)(H,34,40)(H,32,35,37). The zero-order valence-corrected chi connectivity index (χ0v) is 22.5. The predicted molar refractivity (Wildman–Crippen MR) is 131 cm³/mol. The van der Waals surface area contributed by atoms with Gasteiger partial charge in [-0.2, -0.15) is 18.4 Å². The quantitative estimate of drug-likeness (QED) is 0.451. The summed E-state index contributed by atoms with van der Waals surface area (Å²) in [6.45, 7) is 8.38. The van der Waals surface area contributed by atoms with Crippen LogP contribution < -0.4 is 16.0 Å². The van der Waals surface area contributed by atoms with Crippen molar-refractivity contribution in [2.75, 3.05) is 11.9 Å². The van der Waals surface area contributed by atoms with Crippen LogP contribution in [-0.4, -0.2) is 64.4 Å². The number of amides is 4. The van der Waals surface area contributed by atoms with Gasteiger partial charge in [0.25, 0.3) is 0 Å². The lowest BCUT2D eigenvalue weighted by molar-refractivity contribution is -0.176. The SMILES string of the molecule is CC(C)(C)C(NC(=O)C(F)(F)F)C(=O)N1CC2C(C1C(=O)NC(C#N)CC1C(=O)Nc3ncc(F)cc31)C2(C)C. The Balaban J connectivity index is 1.55. The van der Waals surface area contributed by atoms with Crippen molar-refractivity contribution in [1.82, 2.24) is 20.5 Å². The Kier molecular flexibility index (Phi) is 7.09. The van der Waals surface area contributed by atoms with E-state index in [0.717, 1.165) is 12.3 Å². The highest BCUT2D eigenvalue weighted by atomic mass is 19.4. The van der Waals surface area contributed by atoms with Gasteiger partial charge < -0.3 is 20.9 Å². The zero-order chi connectivity index (χ0) is 29.9. The minimum Gasteiger partial charge on any atom is -0.339 e. The average Bonchev–Trinajstić information content (AvgIpc) is 3.14.